The first-order valence-electron chi connectivity index (χ1n) is 8.38. The van der Waals surface area contributed by atoms with E-state index >= 15 is 0 Å². The van der Waals surface area contributed by atoms with Crippen molar-refractivity contribution in [1.29, 1.82) is 0 Å². The van der Waals surface area contributed by atoms with E-state index in [1.54, 1.807) is 0 Å². The maximum atomic E-state index is 12.2. The Morgan fingerprint density at radius 1 is 1.28 bits per heavy atom. The number of aliphatic carboxylic acids is 1. The number of ether oxygens (including phenoxy) is 1. The van der Waals surface area contributed by atoms with Gasteiger partial charge in [-0.2, -0.15) is 0 Å². The van der Waals surface area contributed by atoms with Gasteiger partial charge in [-0.15, -0.1) is 11.3 Å². The van der Waals surface area contributed by atoms with Crippen LogP contribution in [0.25, 0.3) is 0 Å². The van der Waals surface area contributed by atoms with E-state index in [-0.39, 0.29) is 18.3 Å². The lowest BCUT2D eigenvalue weighted by Crippen LogP contribution is -2.26. The molecule has 0 bridgehead atoms. The molecule has 0 spiro atoms. The summed E-state index contributed by atoms with van der Waals surface area (Å²) in [6.07, 6.45) is 2.28. The topological polar surface area (TPSA) is 92.7 Å². The number of amides is 1. The molecular formula is C18H25NO5S. The second-order valence-electron chi connectivity index (χ2n) is 7.45. The van der Waals surface area contributed by atoms with Crippen LogP contribution in [0, 0.1) is 11.3 Å². The highest BCUT2D eigenvalue weighted by molar-refractivity contribution is 7.17. The molecule has 1 amide bonds. The maximum Gasteiger partial charge on any atom is 0.341 e. The highest BCUT2D eigenvalue weighted by Gasteiger charge is 2.34. The number of methoxy groups -OCH3 is 1. The Kier molecular flexibility index (Phi) is 5.87. The van der Waals surface area contributed by atoms with Gasteiger partial charge in [-0.1, -0.05) is 20.8 Å². The number of anilines is 1. The van der Waals surface area contributed by atoms with Gasteiger partial charge in [0.25, 0.3) is 0 Å². The predicted octanol–water partition coefficient (Wildman–Crippen LogP) is 3.49. The van der Waals surface area contributed by atoms with Crippen molar-refractivity contribution in [3.63, 3.8) is 0 Å². The van der Waals surface area contributed by atoms with Gasteiger partial charge in [0.05, 0.1) is 19.1 Å². The van der Waals surface area contributed by atoms with Crippen LogP contribution in [0.15, 0.2) is 0 Å². The minimum atomic E-state index is -1.03. The van der Waals surface area contributed by atoms with Gasteiger partial charge >= 0.3 is 11.9 Å². The summed E-state index contributed by atoms with van der Waals surface area (Å²) in [4.78, 5) is 36.0. The third-order valence-electron chi connectivity index (χ3n) is 4.70. The molecule has 0 saturated carbocycles. The van der Waals surface area contributed by atoms with Crippen LogP contribution in [0.5, 0.6) is 0 Å². The normalized spacial score (nSPS) is 16.9. The predicted molar refractivity (Wildman–Crippen MR) is 96.1 cm³/mol. The lowest BCUT2D eigenvalue weighted by atomic mass is 9.72. The molecule has 1 atom stereocenters. The number of rotatable bonds is 5. The fraction of sp³-hybridized carbons (Fsp3) is 0.611. The lowest BCUT2D eigenvalue weighted by molar-refractivity contribution is -0.138. The van der Waals surface area contributed by atoms with Gasteiger partial charge < -0.3 is 15.2 Å². The van der Waals surface area contributed by atoms with E-state index in [1.807, 2.05) is 0 Å². The molecule has 138 valence electrons. The summed E-state index contributed by atoms with van der Waals surface area (Å²) < 4.78 is 4.90. The molecule has 1 aliphatic carbocycles. The van der Waals surface area contributed by atoms with E-state index in [4.69, 9.17) is 9.84 Å². The van der Waals surface area contributed by atoms with Crippen molar-refractivity contribution < 1.29 is 24.2 Å². The Labute approximate surface area is 151 Å². The quantitative estimate of drug-likeness (QED) is 0.777. The van der Waals surface area contributed by atoms with Gasteiger partial charge in [-0.25, -0.2) is 4.79 Å². The zero-order valence-corrected chi connectivity index (χ0v) is 15.9. The van der Waals surface area contributed by atoms with Crippen molar-refractivity contribution in [2.24, 2.45) is 11.3 Å². The molecule has 2 rings (SSSR count). The zero-order chi connectivity index (χ0) is 18.8. The first kappa shape index (κ1) is 19.4. The van der Waals surface area contributed by atoms with E-state index in [9.17, 15) is 14.4 Å². The number of hydrogen-bond donors (Lipinski definition) is 2. The molecule has 0 fully saturated rings. The lowest BCUT2D eigenvalue weighted by Gasteiger charge is -2.33. The van der Waals surface area contributed by atoms with Gasteiger partial charge in [0.2, 0.25) is 5.91 Å². The molecule has 25 heavy (non-hydrogen) atoms. The molecule has 1 aromatic rings. The minimum Gasteiger partial charge on any atom is -0.481 e. The van der Waals surface area contributed by atoms with Crippen molar-refractivity contribution >= 4 is 34.2 Å². The molecule has 6 nitrogen and oxygen atoms in total. The summed E-state index contributed by atoms with van der Waals surface area (Å²) in [5.74, 6) is -1.37. The third-order valence-corrected chi connectivity index (χ3v) is 5.87. The van der Waals surface area contributed by atoms with E-state index < -0.39 is 17.8 Å². The Balaban J connectivity index is 2.28. The van der Waals surface area contributed by atoms with E-state index in [2.05, 4.69) is 26.1 Å². The van der Waals surface area contributed by atoms with Crippen LogP contribution in [-0.4, -0.2) is 30.1 Å². The number of fused-ring (bicyclic) bond motifs is 1. The zero-order valence-electron chi connectivity index (χ0n) is 15.1. The Morgan fingerprint density at radius 3 is 2.52 bits per heavy atom. The number of carbonyl (C=O) groups excluding carboxylic acids is 2. The molecule has 0 radical (unpaired) electrons. The number of nitrogens with one attached hydrogen (secondary N) is 1. The maximum absolute atomic E-state index is 12.2. The summed E-state index contributed by atoms with van der Waals surface area (Å²) >= 11 is 1.41. The number of hydrogen-bond acceptors (Lipinski definition) is 5. The summed E-state index contributed by atoms with van der Waals surface area (Å²) in [5, 5.41) is 11.9. The van der Waals surface area contributed by atoms with Crippen LogP contribution in [0.4, 0.5) is 5.00 Å². The van der Waals surface area contributed by atoms with Gasteiger partial charge in [0.15, 0.2) is 0 Å². The van der Waals surface area contributed by atoms with Crippen LogP contribution in [0.2, 0.25) is 0 Å². The number of esters is 1. The van der Waals surface area contributed by atoms with Crippen molar-refractivity contribution in [3.8, 4) is 0 Å². The first-order valence-corrected chi connectivity index (χ1v) is 9.19. The molecule has 1 aromatic heterocycles. The van der Waals surface area contributed by atoms with Crippen LogP contribution in [0.1, 0.15) is 60.8 Å². The molecule has 1 heterocycles. The largest absolute Gasteiger partial charge is 0.481 e. The van der Waals surface area contributed by atoms with Gasteiger partial charge in [-0.05, 0) is 36.2 Å². The molecule has 7 heteroatoms. The molecule has 2 N–H and O–H groups in total. The van der Waals surface area contributed by atoms with Crippen LogP contribution < -0.4 is 5.32 Å². The second kappa shape index (κ2) is 7.56. The van der Waals surface area contributed by atoms with E-state index in [1.165, 1.54) is 18.4 Å². The summed E-state index contributed by atoms with van der Waals surface area (Å²) in [5.41, 5.74) is 1.57. The molecule has 0 unspecified atom stereocenters. The molecule has 0 saturated heterocycles. The standard InChI is InChI=1S/C18H25NO5S/c1-18(2,3)10-5-6-11-12(9-10)25-16(15(11)17(23)24-4)19-13(20)7-8-14(21)22/h10H,5-9H2,1-4H3,(H,19,20)(H,21,22)/t10-/m0/s1. The SMILES string of the molecule is COC(=O)c1c(NC(=O)CCC(=O)O)sc2c1CC[C@H](C(C)(C)C)C2. The average Bonchev–Trinajstić information content (AvgIpc) is 2.88. The average molecular weight is 367 g/mol. The van der Waals surface area contributed by atoms with Gasteiger partial charge in [0, 0.05) is 11.3 Å². The minimum absolute atomic E-state index is 0.122. The van der Waals surface area contributed by atoms with Crippen molar-refractivity contribution in [2.45, 2.75) is 52.9 Å². The smallest absolute Gasteiger partial charge is 0.341 e. The summed E-state index contributed by atoms with van der Waals surface area (Å²) in [6, 6.07) is 0. The number of thiophene rings is 1. The van der Waals surface area contributed by atoms with Crippen LogP contribution >= 0.6 is 11.3 Å². The molecular weight excluding hydrogens is 342 g/mol. The summed E-state index contributed by atoms with van der Waals surface area (Å²) in [6.45, 7) is 6.64. The number of carboxylic acid groups (broad SMARTS) is 1. The molecule has 1 aliphatic rings. The van der Waals surface area contributed by atoms with Crippen molar-refractivity contribution in [3.05, 3.63) is 16.0 Å². The second-order valence-corrected chi connectivity index (χ2v) is 8.55. The van der Waals surface area contributed by atoms with Crippen LogP contribution in [-0.2, 0) is 27.2 Å². The van der Waals surface area contributed by atoms with Gasteiger partial charge in [-0.3, -0.25) is 9.59 Å². The first-order chi connectivity index (χ1) is 11.6. The highest BCUT2D eigenvalue weighted by atomic mass is 32.1. The van der Waals surface area contributed by atoms with E-state index in [0.29, 0.717) is 16.5 Å². The fourth-order valence-corrected chi connectivity index (χ4v) is 4.47. The van der Waals surface area contributed by atoms with Crippen LogP contribution in [0.3, 0.4) is 0 Å². The van der Waals surface area contributed by atoms with Gasteiger partial charge in [0.1, 0.15) is 5.00 Å². The molecule has 0 aliphatic heterocycles. The highest BCUT2D eigenvalue weighted by Crippen LogP contribution is 2.44. The third kappa shape index (κ3) is 4.60. The fourth-order valence-electron chi connectivity index (χ4n) is 3.14. The van der Waals surface area contributed by atoms with Crippen molar-refractivity contribution in [2.75, 3.05) is 12.4 Å². The summed E-state index contributed by atoms with van der Waals surface area (Å²) in [7, 11) is 1.32. The number of carboxylic acids is 1. The Hall–Kier alpha value is -1.89. The monoisotopic (exact) mass is 367 g/mol. The molecule has 0 aromatic carbocycles. The Bertz CT molecular complexity index is 686. The number of carbonyl (C=O) groups is 3. The van der Waals surface area contributed by atoms with Crippen molar-refractivity contribution in [1.82, 2.24) is 0 Å². The Morgan fingerprint density at radius 2 is 1.96 bits per heavy atom. The van der Waals surface area contributed by atoms with E-state index in [0.717, 1.165) is 29.7 Å².